The predicted octanol–water partition coefficient (Wildman–Crippen LogP) is 4.71. The molecule has 9 heteroatoms. The van der Waals surface area contributed by atoms with Gasteiger partial charge < -0.3 is 24.3 Å². The molecule has 0 saturated carbocycles. The van der Waals surface area contributed by atoms with Crippen LogP contribution in [0.15, 0.2) is 73.1 Å². The average Bonchev–Trinajstić information content (AvgIpc) is 3.34. The molecule has 5 heterocycles. The van der Waals surface area contributed by atoms with Crippen molar-refractivity contribution < 1.29 is 19.7 Å². The maximum absolute atomic E-state index is 9.72. The number of imidazole rings is 1. The highest BCUT2D eigenvalue weighted by molar-refractivity contribution is 5.84. The van der Waals surface area contributed by atoms with E-state index >= 15 is 0 Å². The Kier molecular flexibility index (Phi) is 7.56. The SMILES string of the molecule is OC(O)c1ccc2nc(CN3CCC(c4cccc(OCc5cccc6cnccc56)n4)CC3)n(C[C@@H]3CCO3)c2c1. The molecule has 0 aliphatic carbocycles. The molecule has 7 rings (SSSR count). The third kappa shape index (κ3) is 5.61. The largest absolute Gasteiger partial charge is 0.473 e. The van der Waals surface area contributed by atoms with Gasteiger partial charge in [-0.3, -0.25) is 9.88 Å². The normalized spacial score (nSPS) is 18.1. The second-order valence-electron chi connectivity index (χ2n) is 11.3. The van der Waals surface area contributed by atoms with E-state index in [9.17, 15) is 10.2 Å². The fraction of sp³-hybridized carbons (Fsp3) is 0.364. The molecule has 2 fully saturated rings. The van der Waals surface area contributed by atoms with Gasteiger partial charge in [0.2, 0.25) is 5.88 Å². The monoisotopic (exact) mass is 565 g/mol. The number of hydrogen-bond acceptors (Lipinski definition) is 8. The molecule has 3 aromatic heterocycles. The summed E-state index contributed by atoms with van der Waals surface area (Å²) in [5.41, 5.74) is 4.46. The summed E-state index contributed by atoms with van der Waals surface area (Å²) in [6, 6.07) is 19.7. The highest BCUT2D eigenvalue weighted by atomic mass is 16.5. The van der Waals surface area contributed by atoms with Crippen molar-refractivity contribution in [3.8, 4) is 5.88 Å². The smallest absolute Gasteiger partial charge is 0.213 e. The molecule has 42 heavy (non-hydrogen) atoms. The Labute approximate surface area is 244 Å². The molecule has 9 nitrogen and oxygen atoms in total. The zero-order valence-electron chi connectivity index (χ0n) is 23.5. The Balaban J connectivity index is 1.01. The molecule has 5 aromatic rings. The van der Waals surface area contributed by atoms with Gasteiger partial charge in [0.05, 0.1) is 30.2 Å². The van der Waals surface area contributed by atoms with Gasteiger partial charge in [0, 0.05) is 47.6 Å². The highest BCUT2D eigenvalue weighted by Crippen LogP contribution is 2.30. The van der Waals surface area contributed by atoms with E-state index in [1.54, 1.807) is 6.07 Å². The van der Waals surface area contributed by atoms with Crippen LogP contribution in [-0.4, -0.2) is 60.4 Å². The van der Waals surface area contributed by atoms with Crippen LogP contribution in [0, 0.1) is 0 Å². The van der Waals surface area contributed by atoms with Gasteiger partial charge in [-0.25, -0.2) is 9.97 Å². The van der Waals surface area contributed by atoms with E-state index in [4.69, 9.17) is 19.4 Å². The fourth-order valence-corrected chi connectivity index (χ4v) is 6.10. The van der Waals surface area contributed by atoms with Gasteiger partial charge in [-0.1, -0.05) is 30.3 Å². The molecule has 0 radical (unpaired) electrons. The third-order valence-corrected chi connectivity index (χ3v) is 8.59. The Morgan fingerprint density at radius 3 is 2.64 bits per heavy atom. The second-order valence-corrected chi connectivity index (χ2v) is 11.3. The first-order chi connectivity index (χ1) is 20.6. The number of hydrogen-bond donors (Lipinski definition) is 2. The lowest BCUT2D eigenvalue weighted by Crippen LogP contribution is -2.35. The molecule has 1 atom stereocenters. The summed E-state index contributed by atoms with van der Waals surface area (Å²) in [4.78, 5) is 16.5. The lowest BCUT2D eigenvalue weighted by atomic mass is 9.93. The lowest BCUT2D eigenvalue weighted by Gasteiger charge is -2.32. The number of fused-ring (bicyclic) bond motifs is 2. The van der Waals surface area contributed by atoms with E-state index in [-0.39, 0.29) is 6.10 Å². The minimum Gasteiger partial charge on any atom is -0.473 e. The van der Waals surface area contributed by atoms with Crippen molar-refractivity contribution in [3.05, 3.63) is 95.7 Å². The van der Waals surface area contributed by atoms with Gasteiger partial charge in [0.15, 0.2) is 6.29 Å². The van der Waals surface area contributed by atoms with Crippen LogP contribution in [0.1, 0.15) is 54.1 Å². The first-order valence-electron chi connectivity index (χ1n) is 14.7. The Morgan fingerprint density at radius 2 is 1.83 bits per heavy atom. The minimum atomic E-state index is -1.51. The van der Waals surface area contributed by atoms with Crippen molar-refractivity contribution in [2.75, 3.05) is 19.7 Å². The Morgan fingerprint density at radius 1 is 0.976 bits per heavy atom. The van der Waals surface area contributed by atoms with Crippen LogP contribution in [0.4, 0.5) is 0 Å². The van der Waals surface area contributed by atoms with Crippen molar-refractivity contribution >= 4 is 21.8 Å². The zero-order valence-corrected chi connectivity index (χ0v) is 23.5. The molecule has 216 valence electrons. The van der Waals surface area contributed by atoms with E-state index in [1.807, 2.05) is 48.8 Å². The Hall–Kier alpha value is -3.89. The van der Waals surface area contributed by atoms with Gasteiger partial charge in [-0.05, 0) is 67.6 Å². The maximum atomic E-state index is 9.72. The van der Waals surface area contributed by atoms with Crippen LogP contribution in [0.25, 0.3) is 21.8 Å². The Bertz CT molecular complexity index is 1690. The number of pyridine rings is 2. The topological polar surface area (TPSA) is 106 Å². The maximum Gasteiger partial charge on any atom is 0.213 e. The van der Waals surface area contributed by atoms with Gasteiger partial charge in [0.25, 0.3) is 0 Å². The molecule has 2 saturated heterocycles. The quantitative estimate of drug-likeness (QED) is 0.248. The second kappa shape index (κ2) is 11.8. The average molecular weight is 566 g/mol. The number of aliphatic hydroxyl groups excluding tert-OH is 1. The number of nitrogens with zero attached hydrogens (tertiary/aromatic N) is 5. The van der Waals surface area contributed by atoms with Crippen LogP contribution in [0.5, 0.6) is 5.88 Å². The van der Waals surface area contributed by atoms with Crippen LogP contribution in [0.2, 0.25) is 0 Å². The van der Waals surface area contributed by atoms with E-state index in [0.717, 1.165) is 90.9 Å². The summed E-state index contributed by atoms with van der Waals surface area (Å²) in [5, 5.41) is 21.7. The number of aromatic nitrogens is 4. The molecule has 2 aliphatic heterocycles. The lowest BCUT2D eigenvalue weighted by molar-refractivity contribution is -0.0592. The van der Waals surface area contributed by atoms with Crippen molar-refractivity contribution in [1.82, 2.24) is 24.4 Å². The summed E-state index contributed by atoms with van der Waals surface area (Å²) < 4.78 is 14.1. The predicted molar refractivity (Wildman–Crippen MR) is 159 cm³/mol. The molecular formula is C33H35N5O4. The van der Waals surface area contributed by atoms with Crippen molar-refractivity contribution in [2.24, 2.45) is 0 Å². The van der Waals surface area contributed by atoms with E-state index in [1.165, 1.54) is 0 Å². The summed E-state index contributed by atoms with van der Waals surface area (Å²) >= 11 is 0. The number of ether oxygens (including phenoxy) is 2. The summed E-state index contributed by atoms with van der Waals surface area (Å²) in [5.74, 6) is 2.02. The molecule has 0 amide bonds. The van der Waals surface area contributed by atoms with Gasteiger partial charge in [-0.15, -0.1) is 0 Å². The summed E-state index contributed by atoms with van der Waals surface area (Å²) in [6.45, 7) is 4.61. The first kappa shape index (κ1) is 27.0. The summed E-state index contributed by atoms with van der Waals surface area (Å²) in [6.07, 6.45) is 5.41. The van der Waals surface area contributed by atoms with Crippen LogP contribution in [0.3, 0.4) is 0 Å². The molecule has 2 aliphatic rings. The van der Waals surface area contributed by atoms with Crippen molar-refractivity contribution in [2.45, 2.75) is 57.3 Å². The molecule has 0 bridgehead atoms. The minimum absolute atomic E-state index is 0.174. The first-order valence-corrected chi connectivity index (χ1v) is 14.7. The molecular weight excluding hydrogens is 530 g/mol. The van der Waals surface area contributed by atoms with Crippen LogP contribution < -0.4 is 4.74 Å². The molecule has 0 unspecified atom stereocenters. The van der Waals surface area contributed by atoms with Gasteiger partial charge in [-0.2, -0.15) is 0 Å². The zero-order chi connectivity index (χ0) is 28.5. The van der Waals surface area contributed by atoms with Crippen LogP contribution >= 0.6 is 0 Å². The number of benzene rings is 2. The van der Waals surface area contributed by atoms with Crippen LogP contribution in [-0.2, 0) is 24.4 Å². The highest BCUT2D eigenvalue weighted by Gasteiger charge is 2.26. The molecule has 0 spiro atoms. The number of piperidine rings is 1. The van der Waals surface area contributed by atoms with Gasteiger partial charge in [0.1, 0.15) is 12.4 Å². The molecule has 2 aromatic carbocycles. The summed E-state index contributed by atoms with van der Waals surface area (Å²) in [7, 11) is 0. The fourth-order valence-electron chi connectivity index (χ4n) is 6.10. The number of likely N-dealkylation sites (tertiary alicyclic amines) is 1. The van der Waals surface area contributed by atoms with Gasteiger partial charge >= 0.3 is 0 Å². The number of aliphatic hydroxyl groups is 2. The molecule has 2 N–H and O–H groups in total. The van der Waals surface area contributed by atoms with E-state index in [2.05, 4.69) is 32.7 Å². The van der Waals surface area contributed by atoms with E-state index < -0.39 is 6.29 Å². The standard InChI is InChI=1S/C33H35N5O4/c39-33(40)23-7-8-29-30(17-23)38(19-26-12-16-41-26)31(35-29)20-37-14-10-22(11-15-37)28-5-2-6-32(36-28)42-21-25-4-1-3-24-18-34-13-9-27(24)25/h1-9,13,17-18,22,26,33,39-40H,10-12,14-16,19-21H2/t26-/m0/s1. The number of rotatable bonds is 9. The van der Waals surface area contributed by atoms with Crippen molar-refractivity contribution in [1.29, 1.82) is 0 Å². The van der Waals surface area contributed by atoms with E-state index in [0.29, 0.717) is 24.0 Å². The third-order valence-electron chi connectivity index (χ3n) is 8.59. The van der Waals surface area contributed by atoms with Crippen molar-refractivity contribution in [3.63, 3.8) is 0 Å².